The number of aliphatic carboxylic acids is 1. The van der Waals surface area contributed by atoms with Gasteiger partial charge in [0.15, 0.2) is 0 Å². The molecule has 1 amide bonds. The maximum Gasteiger partial charge on any atom is 0.303 e. The molecule has 1 saturated heterocycles. The Hall–Kier alpha value is -1.96. The van der Waals surface area contributed by atoms with Gasteiger partial charge >= 0.3 is 5.97 Å². The lowest BCUT2D eigenvalue weighted by Gasteiger charge is -2.30. The number of amides is 1. The molecule has 1 aromatic rings. The van der Waals surface area contributed by atoms with Crippen LogP contribution in [0.15, 0.2) is 24.3 Å². The second-order valence-electron chi connectivity index (χ2n) is 7.47. The van der Waals surface area contributed by atoms with Crippen LogP contribution in [0, 0.1) is 5.92 Å². The van der Waals surface area contributed by atoms with Crippen LogP contribution in [0.1, 0.15) is 30.4 Å². The molecule has 0 aromatic heterocycles. The van der Waals surface area contributed by atoms with Crippen molar-refractivity contribution in [2.24, 2.45) is 5.92 Å². The minimum atomic E-state index is -0.852. The van der Waals surface area contributed by atoms with Gasteiger partial charge < -0.3 is 20.3 Å². The Morgan fingerprint density at radius 3 is 2.85 bits per heavy atom. The zero-order valence-electron chi connectivity index (χ0n) is 15.5. The second-order valence-corrected chi connectivity index (χ2v) is 7.47. The first-order valence-electron chi connectivity index (χ1n) is 9.59. The highest BCUT2D eigenvalue weighted by Crippen LogP contribution is 2.23. The number of aliphatic hydroxyl groups is 1. The number of aliphatic hydroxyl groups excluding tert-OH is 1. The third-order valence-corrected chi connectivity index (χ3v) is 5.32. The van der Waals surface area contributed by atoms with Crippen molar-refractivity contribution < 1.29 is 24.5 Å². The van der Waals surface area contributed by atoms with E-state index in [0.29, 0.717) is 26.0 Å². The lowest BCUT2D eigenvalue weighted by molar-refractivity contribution is -0.137. The number of carbonyl (C=O) groups is 2. The molecule has 0 saturated carbocycles. The van der Waals surface area contributed by atoms with Gasteiger partial charge in [0.05, 0.1) is 24.7 Å². The molecular weight excluding hydrogens is 348 g/mol. The van der Waals surface area contributed by atoms with Gasteiger partial charge in [-0.25, -0.2) is 0 Å². The molecule has 1 aromatic carbocycles. The highest BCUT2D eigenvalue weighted by Gasteiger charge is 2.31. The van der Waals surface area contributed by atoms with Gasteiger partial charge in [0, 0.05) is 32.6 Å². The van der Waals surface area contributed by atoms with E-state index in [4.69, 9.17) is 9.84 Å². The van der Waals surface area contributed by atoms with Crippen LogP contribution in [0.25, 0.3) is 0 Å². The third kappa shape index (κ3) is 5.76. The first-order chi connectivity index (χ1) is 13.0. The average Bonchev–Trinajstić information content (AvgIpc) is 3.13. The zero-order chi connectivity index (χ0) is 19.2. The number of nitrogens with zero attached hydrogens (tertiary/aromatic N) is 1. The Balaban J connectivity index is 1.36. The number of nitrogens with one attached hydrogen (secondary N) is 1. The summed E-state index contributed by atoms with van der Waals surface area (Å²) in [7, 11) is 0. The fourth-order valence-electron chi connectivity index (χ4n) is 3.81. The zero-order valence-corrected chi connectivity index (χ0v) is 15.5. The van der Waals surface area contributed by atoms with Crippen molar-refractivity contribution in [1.29, 1.82) is 0 Å². The van der Waals surface area contributed by atoms with Crippen LogP contribution in [0.3, 0.4) is 0 Å². The van der Waals surface area contributed by atoms with E-state index in [1.165, 1.54) is 11.1 Å². The monoisotopic (exact) mass is 376 g/mol. The molecule has 3 N–H and O–H groups in total. The summed E-state index contributed by atoms with van der Waals surface area (Å²) in [5, 5.41) is 21.8. The van der Waals surface area contributed by atoms with Gasteiger partial charge in [-0.1, -0.05) is 24.3 Å². The van der Waals surface area contributed by atoms with Crippen LogP contribution >= 0.6 is 0 Å². The number of hydrogen-bond donors (Lipinski definition) is 3. The highest BCUT2D eigenvalue weighted by molar-refractivity contribution is 5.79. The molecule has 0 spiro atoms. The van der Waals surface area contributed by atoms with E-state index < -0.39 is 12.1 Å². The highest BCUT2D eigenvalue weighted by atomic mass is 16.5. The number of hydrogen-bond acceptors (Lipinski definition) is 5. The number of carboxylic acid groups (broad SMARTS) is 1. The van der Waals surface area contributed by atoms with E-state index in [-0.39, 0.29) is 30.9 Å². The predicted molar refractivity (Wildman–Crippen MR) is 99.2 cm³/mol. The van der Waals surface area contributed by atoms with E-state index >= 15 is 0 Å². The van der Waals surface area contributed by atoms with E-state index in [9.17, 15) is 14.7 Å². The van der Waals surface area contributed by atoms with Crippen molar-refractivity contribution in [3.05, 3.63) is 35.4 Å². The maximum absolute atomic E-state index is 12.3. The van der Waals surface area contributed by atoms with E-state index in [2.05, 4.69) is 28.4 Å². The molecule has 2 unspecified atom stereocenters. The Morgan fingerprint density at radius 1 is 1.30 bits per heavy atom. The van der Waals surface area contributed by atoms with Crippen molar-refractivity contribution in [3.63, 3.8) is 0 Å². The summed E-state index contributed by atoms with van der Waals surface area (Å²) in [5.41, 5.74) is 2.67. The fourth-order valence-corrected chi connectivity index (χ4v) is 3.81. The van der Waals surface area contributed by atoms with Gasteiger partial charge in [-0.15, -0.1) is 0 Å². The second kappa shape index (κ2) is 9.30. The number of rotatable bonds is 8. The maximum atomic E-state index is 12.3. The Morgan fingerprint density at radius 2 is 2.07 bits per heavy atom. The molecular formula is C20H28N2O5. The summed E-state index contributed by atoms with van der Waals surface area (Å²) in [4.78, 5) is 25.1. The molecule has 27 heavy (non-hydrogen) atoms. The van der Waals surface area contributed by atoms with Gasteiger partial charge in [0.1, 0.15) is 0 Å². The minimum Gasteiger partial charge on any atom is -0.481 e. The first kappa shape index (κ1) is 19.8. The van der Waals surface area contributed by atoms with Crippen molar-refractivity contribution in [2.75, 3.05) is 26.2 Å². The SMILES string of the molecule is O=C(O)CCC1CC(C(=O)NC[C@@H](O)CN2CCc3ccccc3C2)CO1. The molecule has 3 atom stereocenters. The molecule has 2 aliphatic heterocycles. The van der Waals surface area contributed by atoms with Crippen LogP contribution < -0.4 is 5.32 Å². The van der Waals surface area contributed by atoms with E-state index in [1.54, 1.807) is 0 Å². The van der Waals surface area contributed by atoms with Crippen molar-refractivity contribution in [1.82, 2.24) is 10.2 Å². The molecule has 0 bridgehead atoms. The molecule has 148 valence electrons. The average molecular weight is 376 g/mol. The molecule has 0 radical (unpaired) electrons. The van der Waals surface area contributed by atoms with Crippen molar-refractivity contribution in [2.45, 2.75) is 44.4 Å². The van der Waals surface area contributed by atoms with Crippen LogP contribution in [-0.2, 0) is 27.3 Å². The van der Waals surface area contributed by atoms with E-state index in [1.807, 2.05) is 6.07 Å². The molecule has 2 aliphatic rings. The van der Waals surface area contributed by atoms with Crippen molar-refractivity contribution >= 4 is 11.9 Å². The number of ether oxygens (including phenoxy) is 1. The molecule has 7 heteroatoms. The quantitative estimate of drug-likeness (QED) is 0.620. The summed E-state index contributed by atoms with van der Waals surface area (Å²) in [5.74, 6) is -1.25. The smallest absolute Gasteiger partial charge is 0.303 e. The van der Waals surface area contributed by atoms with E-state index in [0.717, 1.165) is 19.5 Å². The predicted octanol–water partition coefficient (Wildman–Crippen LogP) is 0.792. The van der Waals surface area contributed by atoms with Gasteiger partial charge in [-0.3, -0.25) is 14.5 Å². The summed E-state index contributed by atoms with van der Waals surface area (Å²) in [6, 6.07) is 8.36. The topological polar surface area (TPSA) is 99.1 Å². The number of fused-ring (bicyclic) bond motifs is 1. The fraction of sp³-hybridized carbons (Fsp3) is 0.600. The van der Waals surface area contributed by atoms with Crippen LogP contribution in [0.5, 0.6) is 0 Å². The van der Waals surface area contributed by atoms with Gasteiger partial charge in [-0.05, 0) is 30.4 Å². The van der Waals surface area contributed by atoms with Crippen molar-refractivity contribution in [3.8, 4) is 0 Å². The normalized spacial score (nSPS) is 23.6. The minimum absolute atomic E-state index is 0.0523. The number of benzene rings is 1. The Bertz CT molecular complexity index is 666. The largest absolute Gasteiger partial charge is 0.481 e. The summed E-state index contributed by atoms with van der Waals surface area (Å²) < 4.78 is 5.50. The van der Waals surface area contributed by atoms with Crippen LogP contribution in [-0.4, -0.2) is 65.4 Å². The Labute approximate surface area is 159 Å². The van der Waals surface area contributed by atoms with Gasteiger partial charge in [0.25, 0.3) is 0 Å². The van der Waals surface area contributed by atoms with Crippen LogP contribution in [0.4, 0.5) is 0 Å². The molecule has 7 nitrogen and oxygen atoms in total. The van der Waals surface area contributed by atoms with Gasteiger partial charge in [0.2, 0.25) is 5.91 Å². The summed E-state index contributed by atoms with van der Waals surface area (Å²) >= 11 is 0. The lowest BCUT2D eigenvalue weighted by Crippen LogP contribution is -2.43. The molecule has 0 aliphatic carbocycles. The summed E-state index contributed by atoms with van der Waals surface area (Å²) in [6.45, 7) is 2.78. The third-order valence-electron chi connectivity index (χ3n) is 5.32. The standard InChI is InChI=1S/C20H28N2O5/c23-17(12-22-8-7-14-3-1-2-4-15(14)11-22)10-21-20(26)16-9-18(27-13-16)5-6-19(24)25/h1-4,16-18,23H,5-13H2,(H,21,26)(H,24,25)/t16?,17-,18?/m1/s1. The number of β-amino-alcohol motifs (C(OH)–C–C–N with tert-alkyl or cyclic N) is 1. The van der Waals surface area contributed by atoms with Gasteiger partial charge in [-0.2, -0.15) is 0 Å². The molecule has 2 heterocycles. The first-order valence-corrected chi connectivity index (χ1v) is 9.59. The van der Waals surface area contributed by atoms with Crippen LogP contribution in [0.2, 0.25) is 0 Å². The number of carbonyl (C=O) groups excluding carboxylic acids is 1. The lowest BCUT2D eigenvalue weighted by atomic mass is 9.99. The number of carboxylic acids is 1. The Kier molecular flexibility index (Phi) is 6.82. The molecule has 1 fully saturated rings. The summed E-state index contributed by atoms with van der Waals surface area (Å²) in [6.07, 6.45) is 1.21. The molecule has 3 rings (SSSR count).